The van der Waals surface area contributed by atoms with Crippen LogP contribution in [0.25, 0.3) is 0 Å². The van der Waals surface area contributed by atoms with Gasteiger partial charge in [0.05, 0.1) is 12.2 Å². The highest BCUT2D eigenvalue weighted by Crippen LogP contribution is 2.25. The maximum Gasteiger partial charge on any atom is 0.420 e. The van der Waals surface area contributed by atoms with E-state index in [-0.39, 0.29) is 6.54 Å². The average molecular weight is 413 g/mol. The highest BCUT2D eigenvalue weighted by molar-refractivity contribution is 7.10. The van der Waals surface area contributed by atoms with Crippen molar-refractivity contribution in [1.29, 1.82) is 5.41 Å². The number of imide groups is 1. The Kier molecular flexibility index (Phi) is 7.57. The number of ether oxygens (including phenoxy) is 2. The van der Waals surface area contributed by atoms with Crippen LogP contribution in [0.5, 0.6) is 0 Å². The third-order valence-corrected chi connectivity index (χ3v) is 3.69. The molecule has 1 heterocycles. The van der Waals surface area contributed by atoms with Crippen molar-refractivity contribution in [2.24, 2.45) is 0 Å². The summed E-state index contributed by atoms with van der Waals surface area (Å²) in [5.74, 6) is -0.583. The molecular weight excluding hydrogens is 386 g/mol. The van der Waals surface area contributed by atoms with Crippen molar-refractivity contribution in [1.82, 2.24) is 4.90 Å². The van der Waals surface area contributed by atoms with Crippen LogP contribution in [0, 0.1) is 5.41 Å². The molecule has 0 aliphatic carbocycles. The summed E-state index contributed by atoms with van der Waals surface area (Å²) < 4.78 is 10.6. The summed E-state index contributed by atoms with van der Waals surface area (Å²) >= 11 is 1.23. The van der Waals surface area contributed by atoms with Crippen molar-refractivity contribution >= 4 is 41.5 Å². The highest BCUT2D eigenvalue weighted by Gasteiger charge is 2.31. The minimum absolute atomic E-state index is 0.0968. The summed E-state index contributed by atoms with van der Waals surface area (Å²) in [6.45, 7) is 11.3. The minimum Gasteiger partial charge on any atom is -0.443 e. The molecule has 1 rings (SSSR count). The van der Waals surface area contributed by atoms with Crippen molar-refractivity contribution in [2.75, 3.05) is 5.06 Å². The number of thiophene rings is 1. The average Bonchev–Trinajstić information content (AvgIpc) is 2.94. The molecule has 0 radical (unpaired) electrons. The van der Waals surface area contributed by atoms with Gasteiger partial charge in [-0.3, -0.25) is 5.41 Å². The van der Waals surface area contributed by atoms with E-state index in [0.29, 0.717) is 10.6 Å². The second-order valence-electron chi connectivity index (χ2n) is 7.86. The van der Waals surface area contributed by atoms with Gasteiger partial charge in [-0.15, -0.1) is 11.3 Å². The first-order valence-corrected chi connectivity index (χ1v) is 9.39. The van der Waals surface area contributed by atoms with Crippen LogP contribution < -0.4 is 5.06 Å². The first-order valence-electron chi connectivity index (χ1n) is 8.51. The molecule has 0 saturated carbocycles. The van der Waals surface area contributed by atoms with Gasteiger partial charge in [0.2, 0.25) is 0 Å². The Morgan fingerprint density at radius 3 is 1.96 bits per heavy atom. The van der Waals surface area contributed by atoms with Gasteiger partial charge in [0, 0.05) is 17.2 Å². The molecule has 0 aliphatic rings. The predicted octanol–water partition coefficient (Wildman–Crippen LogP) is 4.31. The molecule has 28 heavy (non-hydrogen) atoms. The zero-order valence-corrected chi connectivity index (χ0v) is 18.0. The number of anilines is 1. The molecule has 1 aromatic rings. The summed E-state index contributed by atoms with van der Waals surface area (Å²) in [4.78, 5) is 42.5. The Bertz CT molecular complexity index is 704. The SMILES string of the molecule is CC(=O)ON(C=N)c1csc(CN(C(=O)OC(C)(C)C)C(=O)OC(C)(C)C)c1. The number of carbonyl (C=O) groups excluding carboxylic acids is 3. The number of nitrogens with one attached hydrogen (secondary N) is 1. The van der Waals surface area contributed by atoms with Crippen molar-refractivity contribution in [2.45, 2.75) is 66.2 Å². The van der Waals surface area contributed by atoms with Gasteiger partial charge >= 0.3 is 18.2 Å². The number of hydrogen-bond acceptors (Lipinski definition) is 8. The maximum absolute atomic E-state index is 12.5. The first kappa shape index (κ1) is 23.4. The fourth-order valence-corrected chi connectivity index (χ4v) is 2.69. The van der Waals surface area contributed by atoms with Crippen molar-refractivity contribution < 1.29 is 28.7 Å². The van der Waals surface area contributed by atoms with E-state index < -0.39 is 29.4 Å². The molecular formula is C18H27N3O6S. The second kappa shape index (κ2) is 9.05. The minimum atomic E-state index is -0.833. The van der Waals surface area contributed by atoms with Gasteiger partial charge in [-0.25, -0.2) is 19.3 Å². The van der Waals surface area contributed by atoms with Gasteiger partial charge in [0.15, 0.2) is 0 Å². The van der Waals surface area contributed by atoms with E-state index in [4.69, 9.17) is 19.7 Å². The molecule has 0 aliphatic heterocycles. The molecule has 0 bridgehead atoms. The fraction of sp³-hybridized carbons (Fsp3) is 0.556. The predicted molar refractivity (Wildman–Crippen MR) is 105 cm³/mol. The fourth-order valence-electron chi connectivity index (χ4n) is 1.85. The maximum atomic E-state index is 12.5. The van der Waals surface area contributed by atoms with Crippen LogP contribution in [0.15, 0.2) is 11.4 Å². The number of amides is 2. The van der Waals surface area contributed by atoms with E-state index in [0.717, 1.165) is 16.3 Å². The Labute approximate surface area is 168 Å². The van der Waals surface area contributed by atoms with Gasteiger partial charge in [0.1, 0.15) is 17.5 Å². The van der Waals surface area contributed by atoms with Crippen molar-refractivity contribution in [3.8, 4) is 0 Å². The zero-order chi connectivity index (χ0) is 21.7. The lowest BCUT2D eigenvalue weighted by Crippen LogP contribution is -2.43. The van der Waals surface area contributed by atoms with Crippen LogP contribution >= 0.6 is 11.3 Å². The third-order valence-electron chi connectivity index (χ3n) is 2.78. The molecule has 0 aromatic carbocycles. The topological polar surface area (TPSA) is 109 Å². The number of nitrogens with zero attached hydrogens (tertiary/aromatic N) is 2. The molecule has 0 unspecified atom stereocenters. The Morgan fingerprint density at radius 2 is 1.57 bits per heavy atom. The molecule has 0 saturated heterocycles. The van der Waals surface area contributed by atoms with Crippen LogP contribution in [0.3, 0.4) is 0 Å². The van der Waals surface area contributed by atoms with E-state index in [1.807, 2.05) is 0 Å². The van der Waals surface area contributed by atoms with Crippen molar-refractivity contribution in [3.63, 3.8) is 0 Å². The zero-order valence-electron chi connectivity index (χ0n) is 17.2. The lowest BCUT2D eigenvalue weighted by Gasteiger charge is -2.28. The van der Waals surface area contributed by atoms with Crippen LogP contribution in [0.4, 0.5) is 15.3 Å². The Morgan fingerprint density at radius 1 is 1.07 bits per heavy atom. The number of carbonyl (C=O) groups is 3. The molecule has 9 nitrogen and oxygen atoms in total. The summed E-state index contributed by atoms with van der Waals surface area (Å²) in [5.41, 5.74) is -1.16. The largest absolute Gasteiger partial charge is 0.443 e. The molecule has 1 aromatic heterocycles. The van der Waals surface area contributed by atoms with Gasteiger partial charge in [0.25, 0.3) is 0 Å². The Hall–Kier alpha value is -2.62. The van der Waals surface area contributed by atoms with Crippen molar-refractivity contribution in [3.05, 3.63) is 16.3 Å². The van der Waals surface area contributed by atoms with Crippen LogP contribution in [-0.2, 0) is 25.7 Å². The monoisotopic (exact) mass is 413 g/mol. The van der Waals surface area contributed by atoms with Crippen LogP contribution in [-0.4, -0.2) is 40.6 Å². The molecule has 1 N–H and O–H groups in total. The first-order chi connectivity index (χ1) is 12.7. The van der Waals surface area contributed by atoms with E-state index in [2.05, 4.69) is 0 Å². The van der Waals surface area contributed by atoms with E-state index in [1.54, 1.807) is 53.0 Å². The molecule has 0 fully saturated rings. The van der Waals surface area contributed by atoms with Gasteiger partial charge in [-0.1, -0.05) is 0 Å². The van der Waals surface area contributed by atoms with E-state index in [9.17, 15) is 14.4 Å². The summed E-state index contributed by atoms with van der Waals surface area (Å²) in [7, 11) is 0. The number of rotatable bonds is 5. The normalized spacial score (nSPS) is 11.4. The standard InChI is InChI=1S/C18H27N3O6S/c1-12(22)27-21(11-19)13-8-14(28-10-13)9-20(15(23)25-17(2,3)4)16(24)26-18(5,6)7/h8,10-11,19H,9H2,1-7H3. The Balaban J connectivity index is 3.06. The van der Waals surface area contributed by atoms with Gasteiger partial charge in [-0.05, 0) is 47.6 Å². The third kappa shape index (κ3) is 7.95. The van der Waals surface area contributed by atoms with Gasteiger partial charge in [-0.2, -0.15) is 5.06 Å². The highest BCUT2D eigenvalue weighted by atomic mass is 32.1. The van der Waals surface area contributed by atoms with E-state index in [1.165, 1.54) is 18.3 Å². The summed E-state index contributed by atoms with van der Waals surface area (Å²) in [5, 5.41) is 9.96. The van der Waals surface area contributed by atoms with Crippen LogP contribution in [0.2, 0.25) is 0 Å². The molecule has 2 amide bonds. The van der Waals surface area contributed by atoms with E-state index >= 15 is 0 Å². The number of hydroxylamine groups is 1. The summed E-state index contributed by atoms with van der Waals surface area (Å²) in [6.07, 6.45) is -0.826. The molecule has 0 atom stereocenters. The lowest BCUT2D eigenvalue weighted by molar-refractivity contribution is -0.140. The second-order valence-corrected chi connectivity index (χ2v) is 8.85. The van der Waals surface area contributed by atoms with Crippen LogP contribution in [0.1, 0.15) is 53.3 Å². The quantitative estimate of drug-likeness (QED) is 0.435. The molecule has 156 valence electrons. The molecule has 0 spiro atoms. The number of hydrogen-bond donors (Lipinski definition) is 1. The lowest BCUT2D eigenvalue weighted by atomic mass is 10.2. The smallest absolute Gasteiger partial charge is 0.420 e. The summed E-state index contributed by atoms with van der Waals surface area (Å²) in [6, 6.07) is 1.60. The van der Waals surface area contributed by atoms with Gasteiger partial charge < -0.3 is 14.3 Å². The molecule has 10 heteroatoms.